The minimum absolute atomic E-state index is 0.0335. The van der Waals surface area contributed by atoms with E-state index >= 15 is 0 Å². The molecule has 100 valence electrons. The number of hydrogen-bond acceptors (Lipinski definition) is 3. The monoisotopic (exact) mass is 315 g/mol. The summed E-state index contributed by atoms with van der Waals surface area (Å²) in [4.78, 5) is 11.7. The molecule has 0 fully saturated rings. The molecule has 0 atom stereocenters. The van der Waals surface area contributed by atoms with E-state index in [4.69, 9.17) is 4.74 Å². The third kappa shape index (κ3) is 5.06. The fraction of sp³-hybridized carbons (Fsp3) is 0.462. The van der Waals surface area contributed by atoms with E-state index in [2.05, 4.69) is 28.2 Å². The Kier molecular flexibility index (Phi) is 6.75. The first-order valence-electron chi connectivity index (χ1n) is 5.99. The lowest BCUT2D eigenvalue weighted by Crippen LogP contribution is -2.27. The number of carbonyl (C=O) groups excluding carboxylic acids is 1. The van der Waals surface area contributed by atoms with E-state index in [-0.39, 0.29) is 17.2 Å². The zero-order valence-electron chi connectivity index (χ0n) is 10.4. The molecule has 0 aliphatic heterocycles. The Morgan fingerprint density at radius 1 is 1.44 bits per heavy atom. The molecular weight excluding hydrogens is 298 g/mol. The normalized spacial score (nSPS) is 10.3. The molecule has 0 aromatic heterocycles. The first-order valence-corrected chi connectivity index (χ1v) is 6.79. The fourth-order valence-electron chi connectivity index (χ4n) is 1.38. The predicted molar refractivity (Wildman–Crippen MR) is 73.9 cm³/mol. The summed E-state index contributed by atoms with van der Waals surface area (Å²) in [6, 6.07) is 4.78. The predicted octanol–water partition coefficient (Wildman–Crippen LogP) is 2.70. The number of nitrogens with one attached hydrogen (secondary N) is 1. The lowest BCUT2D eigenvalue weighted by atomic mass is 10.2. The van der Waals surface area contributed by atoms with Crippen molar-refractivity contribution in [3.63, 3.8) is 0 Å². The summed E-state index contributed by atoms with van der Waals surface area (Å²) in [5.41, 5.74) is 0.270. The number of benzene rings is 1. The number of unbranched alkanes of at least 4 members (excludes halogenated alkanes) is 1. The Morgan fingerprint density at radius 3 is 2.89 bits per heavy atom. The minimum atomic E-state index is -0.293. The van der Waals surface area contributed by atoms with E-state index in [1.807, 2.05) is 0 Å². The van der Waals surface area contributed by atoms with Crippen LogP contribution in [0, 0.1) is 0 Å². The van der Waals surface area contributed by atoms with Crippen LogP contribution in [0.25, 0.3) is 0 Å². The van der Waals surface area contributed by atoms with E-state index < -0.39 is 0 Å². The van der Waals surface area contributed by atoms with Gasteiger partial charge in [-0.25, -0.2) is 0 Å². The number of phenolic OH excluding ortho intramolecular Hbond substituents is 1. The van der Waals surface area contributed by atoms with Gasteiger partial charge in [0.25, 0.3) is 5.91 Å². The number of rotatable bonds is 7. The van der Waals surface area contributed by atoms with Crippen molar-refractivity contribution in [1.82, 2.24) is 5.32 Å². The molecule has 0 saturated carbocycles. The molecule has 2 N–H and O–H groups in total. The standard InChI is InChI=1S/C13H18BrNO3/c1-2-3-7-18-8-6-15-13(17)11-5-4-10(14)9-12(11)16/h4-5,9,16H,2-3,6-8H2,1H3,(H,15,17). The third-order valence-corrected chi connectivity index (χ3v) is 2.87. The van der Waals surface area contributed by atoms with Crippen molar-refractivity contribution in [2.75, 3.05) is 19.8 Å². The molecule has 0 saturated heterocycles. The first-order chi connectivity index (χ1) is 8.65. The molecule has 18 heavy (non-hydrogen) atoms. The van der Waals surface area contributed by atoms with E-state index in [9.17, 15) is 9.90 Å². The average Bonchev–Trinajstić information content (AvgIpc) is 2.33. The summed E-state index contributed by atoms with van der Waals surface area (Å²) < 4.78 is 6.06. The number of carbonyl (C=O) groups is 1. The second kappa shape index (κ2) is 8.11. The second-order valence-corrected chi connectivity index (χ2v) is 4.80. The van der Waals surface area contributed by atoms with Gasteiger partial charge in [-0.05, 0) is 24.6 Å². The van der Waals surface area contributed by atoms with Gasteiger partial charge in [0.15, 0.2) is 0 Å². The van der Waals surface area contributed by atoms with E-state index in [1.54, 1.807) is 12.1 Å². The van der Waals surface area contributed by atoms with Gasteiger partial charge >= 0.3 is 0 Å². The number of hydrogen-bond donors (Lipinski definition) is 2. The molecule has 1 aromatic carbocycles. The lowest BCUT2D eigenvalue weighted by molar-refractivity contribution is 0.0910. The van der Waals surface area contributed by atoms with Crippen molar-refractivity contribution >= 4 is 21.8 Å². The van der Waals surface area contributed by atoms with Crippen LogP contribution in [0.15, 0.2) is 22.7 Å². The molecule has 1 amide bonds. The Labute approximate surface area is 115 Å². The van der Waals surface area contributed by atoms with Crippen molar-refractivity contribution in [3.05, 3.63) is 28.2 Å². The maximum Gasteiger partial charge on any atom is 0.255 e. The van der Waals surface area contributed by atoms with Crippen molar-refractivity contribution < 1.29 is 14.6 Å². The van der Waals surface area contributed by atoms with Crippen LogP contribution >= 0.6 is 15.9 Å². The van der Waals surface area contributed by atoms with E-state index in [1.165, 1.54) is 6.07 Å². The highest BCUT2D eigenvalue weighted by Gasteiger charge is 2.10. The zero-order chi connectivity index (χ0) is 13.4. The largest absolute Gasteiger partial charge is 0.507 e. The van der Waals surface area contributed by atoms with Crippen LogP contribution in [-0.2, 0) is 4.74 Å². The number of ether oxygens (including phenoxy) is 1. The summed E-state index contributed by atoms with van der Waals surface area (Å²) in [5, 5.41) is 12.3. The number of aromatic hydroxyl groups is 1. The molecule has 0 unspecified atom stereocenters. The van der Waals surface area contributed by atoms with Crippen molar-refractivity contribution in [1.29, 1.82) is 0 Å². The maximum absolute atomic E-state index is 11.7. The molecule has 0 spiro atoms. The van der Waals surface area contributed by atoms with Gasteiger partial charge in [0.2, 0.25) is 0 Å². The number of amides is 1. The van der Waals surface area contributed by atoms with Crippen LogP contribution in [0.5, 0.6) is 5.75 Å². The smallest absolute Gasteiger partial charge is 0.255 e. The second-order valence-electron chi connectivity index (χ2n) is 3.88. The number of phenols is 1. The highest BCUT2D eigenvalue weighted by molar-refractivity contribution is 9.10. The molecule has 1 aromatic rings. The van der Waals surface area contributed by atoms with Crippen molar-refractivity contribution in [3.8, 4) is 5.75 Å². The van der Waals surface area contributed by atoms with Crippen LogP contribution in [-0.4, -0.2) is 30.8 Å². The van der Waals surface area contributed by atoms with E-state index in [0.29, 0.717) is 13.2 Å². The number of halogens is 1. The van der Waals surface area contributed by atoms with Crippen LogP contribution in [0.2, 0.25) is 0 Å². The van der Waals surface area contributed by atoms with Gasteiger partial charge in [-0.2, -0.15) is 0 Å². The minimum Gasteiger partial charge on any atom is -0.507 e. The molecule has 1 rings (SSSR count). The van der Waals surface area contributed by atoms with Gasteiger partial charge in [0.1, 0.15) is 5.75 Å². The summed E-state index contributed by atoms with van der Waals surface area (Å²) in [6.07, 6.45) is 2.13. The van der Waals surface area contributed by atoms with Crippen LogP contribution < -0.4 is 5.32 Å². The van der Waals surface area contributed by atoms with Crippen molar-refractivity contribution in [2.24, 2.45) is 0 Å². The van der Waals surface area contributed by atoms with Crippen LogP contribution in [0.4, 0.5) is 0 Å². The van der Waals surface area contributed by atoms with Crippen molar-refractivity contribution in [2.45, 2.75) is 19.8 Å². The molecule has 4 nitrogen and oxygen atoms in total. The van der Waals surface area contributed by atoms with Gasteiger partial charge in [-0.15, -0.1) is 0 Å². The summed E-state index contributed by atoms with van der Waals surface area (Å²) in [6.45, 7) is 3.75. The Bertz CT molecular complexity index is 396. The lowest BCUT2D eigenvalue weighted by Gasteiger charge is -2.07. The molecule has 0 radical (unpaired) electrons. The summed E-state index contributed by atoms with van der Waals surface area (Å²) in [7, 11) is 0. The maximum atomic E-state index is 11.7. The molecule has 0 aliphatic carbocycles. The third-order valence-electron chi connectivity index (χ3n) is 2.38. The highest BCUT2D eigenvalue weighted by atomic mass is 79.9. The Morgan fingerprint density at radius 2 is 2.22 bits per heavy atom. The molecular formula is C13H18BrNO3. The molecule has 0 aliphatic rings. The topological polar surface area (TPSA) is 58.6 Å². The highest BCUT2D eigenvalue weighted by Crippen LogP contribution is 2.21. The van der Waals surface area contributed by atoms with Gasteiger partial charge in [-0.1, -0.05) is 29.3 Å². The first kappa shape index (κ1) is 15.0. The Balaban J connectivity index is 2.32. The van der Waals surface area contributed by atoms with Gasteiger partial charge in [0.05, 0.1) is 12.2 Å². The fourth-order valence-corrected chi connectivity index (χ4v) is 1.73. The Hall–Kier alpha value is -1.07. The van der Waals surface area contributed by atoms with Gasteiger partial charge < -0.3 is 15.2 Å². The van der Waals surface area contributed by atoms with Crippen LogP contribution in [0.1, 0.15) is 30.1 Å². The molecule has 5 heteroatoms. The quantitative estimate of drug-likeness (QED) is 0.761. The van der Waals surface area contributed by atoms with E-state index in [0.717, 1.165) is 23.9 Å². The summed E-state index contributed by atoms with van der Waals surface area (Å²) >= 11 is 3.22. The molecule has 0 bridgehead atoms. The SMILES string of the molecule is CCCCOCCNC(=O)c1ccc(Br)cc1O. The average molecular weight is 316 g/mol. The van der Waals surface area contributed by atoms with Gasteiger partial charge in [-0.3, -0.25) is 4.79 Å². The van der Waals surface area contributed by atoms with Crippen LogP contribution in [0.3, 0.4) is 0 Å². The zero-order valence-corrected chi connectivity index (χ0v) is 12.0. The molecule has 0 heterocycles. The summed E-state index contributed by atoms with van der Waals surface area (Å²) in [5.74, 6) is -0.326. The van der Waals surface area contributed by atoms with Gasteiger partial charge in [0, 0.05) is 17.6 Å².